The molecule has 0 aromatic carbocycles. The van der Waals surface area contributed by atoms with Crippen LogP contribution in [0.15, 0.2) is 24.5 Å². The van der Waals surface area contributed by atoms with Gasteiger partial charge < -0.3 is 15.3 Å². The maximum atomic E-state index is 11.8. The van der Waals surface area contributed by atoms with Crippen LogP contribution in [0.25, 0.3) is 0 Å². The van der Waals surface area contributed by atoms with Gasteiger partial charge in [-0.1, -0.05) is 0 Å². The van der Waals surface area contributed by atoms with Gasteiger partial charge in [-0.3, -0.25) is 9.78 Å². The highest BCUT2D eigenvalue weighted by atomic mass is 16.4. The Hall–Kier alpha value is -2.11. The van der Waals surface area contributed by atoms with Gasteiger partial charge in [0, 0.05) is 25.5 Å². The molecule has 1 aliphatic heterocycles. The minimum Gasteiger partial charge on any atom is -0.481 e. The highest BCUT2D eigenvalue weighted by molar-refractivity contribution is 5.80. The van der Waals surface area contributed by atoms with E-state index in [9.17, 15) is 9.59 Å². The fourth-order valence-electron chi connectivity index (χ4n) is 1.81. The van der Waals surface area contributed by atoms with Gasteiger partial charge in [0.25, 0.3) is 0 Å². The lowest BCUT2D eigenvalue weighted by Gasteiger charge is -2.37. The van der Waals surface area contributed by atoms with Crippen LogP contribution in [-0.2, 0) is 4.79 Å². The number of hydrogen-bond donors (Lipinski definition) is 2. The van der Waals surface area contributed by atoms with E-state index in [1.165, 1.54) is 4.90 Å². The van der Waals surface area contributed by atoms with Crippen molar-refractivity contribution in [2.45, 2.75) is 13.0 Å². The fraction of sp³-hybridized carbons (Fsp3) is 0.417. The molecule has 1 unspecified atom stereocenters. The van der Waals surface area contributed by atoms with E-state index >= 15 is 0 Å². The lowest BCUT2D eigenvalue weighted by Crippen LogP contribution is -2.56. The SMILES string of the molecule is CC(NC(=O)N1CC(C(=O)O)C1)c1ccncc1. The molecule has 6 nitrogen and oxygen atoms in total. The van der Waals surface area contributed by atoms with E-state index in [0.717, 1.165) is 5.56 Å². The largest absolute Gasteiger partial charge is 0.481 e. The van der Waals surface area contributed by atoms with Crippen molar-refractivity contribution in [1.29, 1.82) is 0 Å². The number of rotatable bonds is 3. The van der Waals surface area contributed by atoms with Crippen molar-refractivity contribution in [3.63, 3.8) is 0 Å². The van der Waals surface area contributed by atoms with Gasteiger partial charge in [0.15, 0.2) is 0 Å². The first-order valence-corrected chi connectivity index (χ1v) is 5.76. The molecule has 2 heterocycles. The molecule has 0 spiro atoms. The number of nitrogens with one attached hydrogen (secondary N) is 1. The second-order valence-electron chi connectivity index (χ2n) is 4.39. The minimum atomic E-state index is -0.846. The Bertz CT molecular complexity index is 443. The monoisotopic (exact) mass is 249 g/mol. The number of pyridine rings is 1. The summed E-state index contributed by atoms with van der Waals surface area (Å²) >= 11 is 0. The van der Waals surface area contributed by atoms with Crippen molar-refractivity contribution in [3.05, 3.63) is 30.1 Å². The molecule has 0 radical (unpaired) electrons. The van der Waals surface area contributed by atoms with Gasteiger partial charge in [0.1, 0.15) is 0 Å². The van der Waals surface area contributed by atoms with Crippen LogP contribution in [-0.4, -0.2) is 40.1 Å². The summed E-state index contributed by atoms with van der Waals surface area (Å²) in [6.45, 7) is 2.44. The number of carboxylic acid groups (broad SMARTS) is 1. The molecule has 1 fully saturated rings. The van der Waals surface area contributed by atoms with E-state index in [0.29, 0.717) is 0 Å². The summed E-state index contributed by atoms with van der Waals surface area (Å²) in [6.07, 6.45) is 3.34. The van der Waals surface area contributed by atoms with E-state index in [2.05, 4.69) is 10.3 Å². The van der Waals surface area contributed by atoms with Crippen molar-refractivity contribution >= 4 is 12.0 Å². The molecule has 6 heteroatoms. The average Bonchev–Trinajstić information content (AvgIpc) is 2.27. The maximum Gasteiger partial charge on any atom is 0.317 e. The predicted octanol–water partition coefficient (Wildman–Crippen LogP) is 0.869. The van der Waals surface area contributed by atoms with E-state index in [1.807, 2.05) is 19.1 Å². The number of carbonyl (C=O) groups excluding carboxylic acids is 1. The number of urea groups is 1. The average molecular weight is 249 g/mol. The Balaban J connectivity index is 1.84. The van der Waals surface area contributed by atoms with Gasteiger partial charge in [-0.25, -0.2) is 4.79 Å². The van der Waals surface area contributed by atoms with E-state index < -0.39 is 11.9 Å². The molecule has 1 atom stereocenters. The van der Waals surface area contributed by atoms with Gasteiger partial charge in [-0.15, -0.1) is 0 Å². The third-order valence-electron chi connectivity index (χ3n) is 3.06. The summed E-state index contributed by atoms with van der Waals surface area (Å²) in [5, 5.41) is 11.6. The van der Waals surface area contributed by atoms with Gasteiger partial charge in [-0.2, -0.15) is 0 Å². The Labute approximate surface area is 105 Å². The number of amides is 2. The summed E-state index contributed by atoms with van der Waals surface area (Å²) in [7, 11) is 0. The first kappa shape index (κ1) is 12.3. The molecule has 0 saturated carbocycles. The smallest absolute Gasteiger partial charge is 0.317 e. The lowest BCUT2D eigenvalue weighted by atomic mass is 10.0. The van der Waals surface area contributed by atoms with Gasteiger partial charge in [0.05, 0.1) is 12.0 Å². The van der Waals surface area contributed by atoms with E-state index in [-0.39, 0.29) is 25.2 Å². The zero-order valence-electron chi connectivity index (χ0n) is 10.0. The Morgan fingerprint density at radius 1 is 1.44 bits per heavy atom. The summed E-state index contributed by atoms with van der Waals surface area (Å²) in [5.41, 5.74) is 0.966. The Morgan fingerprint density at radius 3 is 2.61 bits per heavy atom. The van der Waals surface area contributed by atoms with Crippen molar-refractivity contribution in [1.82, 2.24) is 15.2 Å². The quantitative estimate of drug-likeness (QED) is 0.832. The molecular formula is C12H15N3O3. The molecule has 2 N–H and O–H groups in total. The predicted molar refractivity (Wildman–Crippen MR) is 63.9 cm³/mol. The van der Waals surface area contributed by atoms with Crippen LogP contribution in [0.4, 0.5) is 4.79 Å². The molecule has 1 saturated heterocycles. The third-order valence-corrected chi connectivity index (χ3v) is 3.06. The van der Waals surface area contributed by atoms with Gasteiger partial charge in [0.2, 0.25) is 0 Å². The minimum absolute atomic E-state index is 0.121. The first-order valence-electron chi connectivity index (χ1n) is 5.76. The molecule has 2 amide bonds. The van der Waals surface area contributed by atoms with Crippen LogP contribution in [0.2, 0.25) is 0 Å². The second kappa shape index (κ2) is 5.03. The van der Waals surface area contributed by atoms with Crippen molar-refractivity contribution in [2.75, 3.05) is 13.1 Å². The number of carboxylic acids is 1. The highest BCUT2D eigenvalue weighted by Gasteiger charge is 2.35. The molecule has 18 heavy (non-hydrogen) atoms. The Kier molecular flexibility index (Phi) is 3.45. The number of aliphatic carboxylic acids is 1. The Morgan fingerprint density at radius 2 is 2.06 bits per heavy atom. The maximum absolute atomic E-state index is 11.8. The number of hydrogen-bond acceptors (Lipinski definition) is 3. The molecule has 96 valence electrons. The first-order chi connectivity index (χ1) is 8.58. The third kappa shape index (κ3) is 2.58. The topological polar surface area (TPSA) is 82.5 Å². The summed E-state index contributed by atoms with van der Waals surface area (Å²) in [6, 6.07) is 3.32. The second-order valence-corrected chi connectivity index (χ2v) is 4.39. The van der Waals surface area contributed by atoms with Crippen molar-refractivity contribution < 1.29 is 14.7 Å². The number of nitrogens with zero attached hydrogens (tertiary/aromatic N) is 2. The molecular weight excluding hydrogens is 234 g/mol. The van der Waals surface area contributed by atoms with Crippen molar-refractivity contribution in [3.8, 4) is 0 Å². The zero-order valence-corrected chi connectivity index (χ0v) is 10.0. The van der Waals surface area contributed by atoms with Crippen molar-refractivity contribution in [2.24, 2.45) is 5.92 Å². The molecule has 1 aliphatic rings. The standard InChI is InChI=1S/C12H15N3O3/c1-8(9-2-4-13-5-3-9)14-12(18)15-6-10(7-15)11(16)17/h2-5,8,10H,6-7H2,1H3,(H,14,18)(H,16,17). The summed E-state index contributed by atoms with van der Waals surface area (Å²) < 4.78 is 0. The van der Waals surface area contributed by atoms with Crippen LogP contribution in [0.3, 0.4) is 0 Å². The molecule has 0 aliphatic carbocycles. The molecule has 1 aromatic heterocycles. The summed E-state index contributed by atoms with van der Waals surface area (Å²) in [4.78, 5) is 27.8. The fourth-order valence-corrected chi connectivity index (χ4v) is 1.81. The number of aromatic nitrogens is 1. The zero-order chi connectivity index (χ0) is 13.1. The summed E-state index contributed by atoms with van der Waals surface area (Å²) in [5.74, 6) is -1.27. The molecule has 0 bridgehead atoms. The highest BCUT2D eigenvalue weighted by Crippen LogP contribution is 2.17. The number of carbonyl (C=O) groups is 2. The van der Waals surface area contributed by atoms with Crippen LogP contribution in [0, 0.1) is 5.92 Å². The lowest BCUT2D eigenvalue weighted by molar-refractivity contribution is -0.146. The number of likely N-dealkylation sites (tertiary alicyclic amines) is 1. The van der Waals surface area contributed by atoms with E-state index in [4.69, 9.17) is 5.11 Å². The van der Waals surface area contributed by atoms with Crippen LogP contribution in [0.5, 0.6) is 0 Å². The normalized spacial score (nSPS) is 16.8. The van der Waals surface area contributed by atoms with Gasteiger partial charge >= 0.3 is 12.0 Å². The molecule has 2 rings (SSSR count). The van der Waals surface area contributed by atoms with E-state index in [1.54, 1.807) is 12.4 Å². The van der Waals surface area contributed by atoms with Crippen LogP contribution in [0.1, 0.15) is 18.5 Å². The van der Waals surface area contributed by atoms with Crippen LogP contribution >= 0.6 is 0 Å². The van der Waals surface area contributed by atoms with Crippen LogP contribution < -0.4 is 5.32 Å². The van der Waals surface area contributed by atoms with Gasteiger partial charge in [-0.05, 0) is 24.6 Å². The molecule has 1 aromatic rings.